The van der Waals surface area contributed by atoms with Crippen LogP contribution < -0.4 is 5.32 Å². The van der Waals surface area contributed by atoms with Crippen molar-refractivity contribution < 1.29 is 4.39 Å². The van der Waals surface area contributed by atoms with Crippen molar-refractivity contribution in [2.75, 3.05) is 6.54 Å². The van der Waals surface area contributed by atoms with Gasteiger partial charge in [0.1, 0.15) is 5.82 Å². The molecule has 1 fully saturated rings. The van der Waals surface area contributed by atoms with Crippen molar-refractivity contribution in [3.05, 3.63) is 59.2 Å². The molecular formula is C16H19FN2. The summed E-state index contributed by atoms with van der Waals surface area (Å²) < 4.78 is 13.9. The molecule has 2 aromatic rings. The van der Waals surface area contributed by atoms with Gasteiger partial charge in [-0.05, 0) is 49.9 Å². The van der Waals surface area contributed by atoms with E-state index in [9.17, 15) is 4.39 Å². The zero-order valence-electron chi connectivity index (χ0n) is 11.1. The van der Waals surface area contributed by atoms with Gasteiger partial charge in [-0.1, -0.05) is 18.2 Å². The van der Waals surface area contributed by atoms with Crippen LogP contribution in [0.25, 0.3) is 0 Å². The summed E-state index contributed by atoms with van der Waals surface area (Å²) in [4.78, 5) is 3.24. The van der Waals surface area contributed by atoms with Crippen LogP contribution in [-0.4, -0.2) is 11.5 Å². The number of piperidine rings is 1. The third kappa shape index (κ3) is 2.43. The molecule has 0 aliphatic carbocycles. The van der Waals surface area contributed by atoms with Crippen LogP contribution in [0, 0.1) is 12.7 Å². The number of benzene rings is 1. The maximum absolute atomic E-state index is 13.9. The molecule has 0 spiro atoms. The second-order valence-electron chi connectivity index (χ2n) is 5.31. The van der Waals surface area contributed by atoms with E-state index in [-0.39, 0.29) is 11.9 Å². The molecule has 3 rings (SSSR count). The number of halogens is 1. The molecule has 0 radical (unpaired) electrons. The van der Waals surface area contributed by atoms with Gasteiger partial charge in [-0.15, -0.1) is 0 Å². The summed E-state index contributed by atoms with van der Waals surface area (Å²) in [7, 11) is 0. The second-order valence-corrected chi connectivity index (χ2v) is 5.31. The lowest BCUT2D eigenvalue weighted by Crippen LogP contribution is -2.31. The van der Waals surface area contributed by atoms with Gasteiger partial charge in [0.05, 0.1) is 0 Å². The average Bonchev–Trinajstić information content (AvgIpc) is 2.86. The lowest BCUT2D eigenvalue weighted by Gasteiger charge is -2.31. The van der Waals surface area contributed by atoms with Crippen molar-refractivity contribution in [2.45, 2.75) is 31.7 Å². The van der Waals surface area contributed by atoms with E-state index in [0.29, 0.717) is 5.92 Å². The number of H-pyrrole nitrogens is 1. The van der Waals surface area contributed by atoms with E-state index < -0.39 is 0 Å². The zero-order valence-corrected chi connectivity index (χ0v) is 11.1. The summed E-state index contributed by atoms with van der Waals surface area (Å²) in [5.74, 6) is 0.406. The SMILES string of the molecule is Cc1[nH]ccc1C1CCNC(c2ccccc2F)C1. The number of aromatic amines is 1. The highest BCUT2D eigenvalue weighted by Gasteiger charge is 2.26. The van der Waals surface area contributed by atoms with Crippen LogP contribution in [0.3, 0.4) is 0 Å². The molecule has 19 heavy (non-hydrogen) atoms. The Balaban J connectivity index is 1.83. The van der Waals surface area contributed by atoms with E-state index in [1.165, 1.54) is 11.3 Å². The number of aryl methyl sites for hydroxylation is 1. The first-order chi connectivity index (χ1) is 9.25. The Morgan fingerprint density at radius 3 is 2.74 bits per heavy atom. The van der Waals surface area contributed by atoms with Gasteiger partial charge in [-0.3, -0.25) is 0 Å². The van der Waals surface area contributed by atoms with E-state index in [4.69, 9.17) is 0 Å². The summed E-state index contributed by atoms with van der Waals surface area (Å²) in [6, 6.07) is 9.36. The number of hydrogen-bond acceptors (Lipinski definition) is 1. The third-order valence-electron chi connectivity index (χ3n) is 4.12. The minimum atomic E-state index is -0.105. The van der Waals surface area contributed by atoms with Crippen LogP contribution in [0.1, 0.15) is 41.6 Å². The summed E-state index contributed by atoms with van der Waals surface area (Å²) in [6.07, 6.45) is 4.06. The normalized spacial score (nSPS) is 23.5. The Kier molecular flexibility index (Phi) is 3.38. The number of hydrogen-bond donors (Lipinski definition) is 2. The van der Waals surface area contributed by atoms with Crippen LogP contribution in [0.5, 0.6) is 0 Å². The van der Waals surface area contributed by atoms with E-state index in [1.807, 2.05) is 18.3 Å². The molecule has 3 heteroatoms. The molecule has 1 aromatic heterocycles. The van der Waals surface area contributed by atoms with E-state index >= 15 is 0 Å². The minimum Gasteiger partial charge on any atom is -0.365 e. The van der Waals surface area contributed by atoms with Crippen LogP contribution in [0.15, 0.2) is 36.5 Å². The van der Waals surface area contributed by atoms with Gasteiger partial charge in [0.2, 0.25) is 0 Å². The van der Waals surface area contributed by atoms with Gasteiger partial charge in [-0.2, -0.15) is 0 Å². The molecule has 2 N–H and O–H groups in total. The van der Waals surface area contributed by atoms with Gasteiger partial charge in [0.25, 0.3) is 0 Å². The standard InChI is InChI=1S/C16H19FN2/c1-11-13(7-9-18-11)12-6-8-19-16(10-12)14-4-2-3-5-15(14)17/h2-5,7,9,12,16,18-19H,6,8,10H2,1H3. The van der Waals surface area contributed by atoms with Crippen molar-refractivity contribution in [1.82, 2.24) is 10.3 Å². The Hall–Kier alpha value is -1.61. The maximum Gasteiger partial charge on any atom is 0.127 e. The van der Waals surface area contributed by atoms with Gasteiger partial charge < -0.3 is 10.3 Å². The van der Waals surface area contributed by atoms with Crippen molar-refractivity contribution in [3.8, 4) is 0 Å². The quantitative estimate of drug-likeness (QED) is 0.845. The molecule has 0 bridgehead atoms. The van der Waals surface area contributed by atoms with Crippen LogP contribution in [0.4, 0.5) is 4.39 Å². The first-order valence-corrected chi connectivity index (χ1v) is 6.87. The maximum atomic E-state index is 13.9. The zero-order chi connectivity index (χ0) is 13.2. The molecular weight excluding hydrogens is 239 g/mol. The van der Waals surface area contributed by atoms with Gasteiger partial charge in [-0.25, -0.2) is 4.39 Å². The summed E-state index contributed by atoms with van der Waals surface area (Å²) in [6.45, 7) is 3.05. The second kappa shape index (κ2) is 5.17. The largest absolute Gasteiger partial charge is 0.365 e. The fourth-order valence-electron chi connectivity index (χ4n) is 3.10. The van der Waals surface area contributed by atoms with Crippen molar-refractivity contribution >= 4 is 0 Å². The van der Waals surface area contributed by atoms with E-state index in [2.05, 4.69) is 23.3 Å². The summed E-state index contributed by atoms with van der Waals surface area (Å²) in [5.41, 5.74) is 3.41. The van der Waals surface area contributed by atoms with Crippen LogP contribution >= 0.6 is 0 Å². The Bertz CT molecular complexity index is 561. The molecule has 1 saturated heterocycles. The van der Waals surface area contributed by atoms with Gasteiger partial charge in [0, 0.05) is 23.5 Å². The molecule has 2 atom stereocenters. The predicted octanol–water partition coefficient (Wildman–Crippen LogP) is 3.67. The molecule has 0 saturated carbocycles. The molecule has 2 heterocycles. The van der Waals surface area contributed by atoms with Gasteiger partial charge in [0.15, 0.2) is 0 Å². The number of nitrogens with one attached hydrogen (secondary N) is 2. The van der Waals surface area contributed by atoms with E-state index in [0.717, 1.165) is 24.9 Å². The van der Waals surface area contributed by atoms with Crippen LogP contribution in [-0.2, 0) is 0 Å². The van der Waals surface area contributed by atoms with Crippen molar-refractivity contribution in [1.29, 1.82) is 0 Å². The Morgan fingerprint density at radius 1 is 1.16 bits per heavy atom. The lowest BCUT2D eigenvalue weighted by molar-refractivity contribution is 0.360. The predicted molar refractivity (Wildman–Crippen MR) is 74.6 cm³/mol. The lowest BCUT2D eigenvalue weighted by atomic mass is 9.84. The highest BCUT2D eigenvalue weighted by molar-refractivity contribution is 5.27. The molecule has 0 amide bonds. The fraction of sp³-hybridized carbons (Fsp3) is 0.375. The molecule has 1 aliphatic rings. The monoisotopic (exact) mass is 258 g/mol. The molecule has 1 aliphatic heterocycles. The average molecular weight is 258 g/mol. The van der Waals surface area contributed by atoms with Gasteiger partial charge >= 0.3 is 0 Å². The first kappa shape index (κ1) is 12.4. The third-order valence-corrected chi connectivity index (χ3v) is 4.12. The number of rotatable bonds is 2. The van der Waals surface area contributed by atoms with Crippen molar-refractivity contribution in [3.63, 3.8) is 0 Å². The summed E-state index contributed by atoms with van der Waals surface area (Å²) in [5, 5.41) is 3.44. The highest BCUT2D eigenvalue weighted by Crippen LogP contribution is 2.35. The molecule has 2 unspecified atom stereocenters. The topological polar surface area (TPSA) is 27.8 Å². The molecule has 2 nitrogen and oxygen atoms in total. The Morgan fingerprint density at radius 2 is 2.00 bits per heavy atom. The Labute approximate surface area is 113 Å². The van der Waals surface area contributed by atoms with Crippen LogP contribution in [0.2, 0.25) is 0 Å². The molecule has 100 valence electrons. The first-order valence-electron chi connectivity index (χ1n) is 6.87. The smallest absolute Gasteiger partial charge is 0.127 e. The molecule has 1 aromatic carbocycles. The fourth-order valence-corrected chi connectivity index (χ4v) is 3.10. The number of aromatic nitrogens is 1. The van der Waals surface area contributed by atoms with Crippen molar-refractivity contribution in [2.24, 2.45) is 0 Å². The van der Waals surface area contributed by atoms with E-state index in [1.54, 1.807) is 12.1 Å². The highest BCUT2D eigenvalue weighted by atomic mass is 19.1. The minimum absolute atomic E-state index is 0.105. The summed E-state index contributed by atoms with van der Waals surface area (Å²) >= 11 is 0.